The second kappa shape index (κ2) is 38.5. The molecule has 3 amide bonds. The van der Waals surface area contributed by atoms with Gasteiger partial charge in [0, 0.05) is 56.1 Å². The average Bonchev–Trinajstić information content (AvgIpc) is 0.758. The van der Waals surface area contributed by atoms with E-state index in [4.69, 9.17) is 67.4 Å². The molecule has 2 bridgehead atoms. The smallest absolute Gasteiger partial charge is 0.411 e. The number of likely N-dealkylation sites (N-methyl/N-ethyl adjacent to an activating group) is 1. The van der Waals surface area contributed by atoms with Crippen LogP contribution in [0, 0.1) is 34.2 Å². The zero-order chi connectivity index (χ0) is 74.2. The number of carboxylic acids is 2. The van der Waals surface area contributed by atoms with Crippen LogP contribution >= 0.6 is 55.9 Å². The van der Waals surface area contributed by atoms with Crippen molar-refractivity contribution in [1.82, 2.24) is 26.7 Å². The predicted molar refractivity (Wildman–Crippen MR) is 368 cm³/mol. The van der Waals surface area contributed by atoms with Gasteiger partial charge in [-0.25, -0.2) is 4.79 Å². The molecule has 0 radical (unpaired) electrons. The Morgan fingerprint density at radius 2 is 1.57 bits per heavy atom. The minimum absolute atomic E-state index is 0.00185. The second-order valence-corrected chi connectivity index (χ2v) is 28.6. The lowest BCUT2D eigenvalue weighted by Crippen LogP contribution is -2.65. The number of fused-ring (bicyclic) bond motifs is 2. The summed E-state index contributed by atoms with van der Waals surface area (Å²) < 4.78 is 72.6. The topological polar surface area (TPSA) is 467 Å². The van der Waals surface area contributed by atoms with Crippen molar-refractivity contribution < 1.29 is 131 Å². The molecular formula is C64H87IN6O27S3. The highest BCUT2D eigenvalue weighted by Crippen LogP contribution is 2.49. The SMILES string of the molecule is CCN[C@H]1CO[C@@H](O[C@H]2[C@H](O[C@H]3C#C/C=C/C#C[C@]4(O)CC(=O)C(NC(=O)OC)=C3/C4=C\CSSC[C@H](NC(=O)CC[C@H](N)C(=O)O)C(=O)NCC(=O)O)O[C@H](C)[C@@H](NO[C@H]3C[C@H](O)[C@H](SC(=O)c4c(C)c(I)c(O[C@@H]5O[C@@H](C)[C@H](O)[C@@H](OC)[C@H]5O)c(OC)c4OC)[C@@H](C)O3)[C@@H]2O)C[C@@H]1OC. The van der Waals surface area contributed by atoms with Crippen molar-refractivity contribution >= 4 is 96.7 Å². The van der Waals surface area contributed by atoms with Crippen LogP contribution in [0.25, 0.3) is 0 Å². The van der Waals surface area contributed by atoms with Crippen LogP contribution in [0.15, 0.2) is 35.1 Å². The number of thioether (sulfide) groups is 1. The number of nitrogens with two attached hydrogens (primary N) is 1. The number of Topliss-reactive ketones (excluding diaryl/α,β-unsaturated/α-hetero) is 1. The Morgan fingerprint density at radius 1 is 0.861 bits per heavy atom. The third-order valence-corrected chi connectivity index (χ3v) is 22.0. The molecule has 4 saturated heterocycles. The highest BCUT2D eigenvalue weighted by Gasteiger charge is 2.52. The molecule has 101 heavy (non-hydrogen) atoms. The lowest BCUT2D eigenvalue weighted by molar-refractivity contribution is -0.336. The summed E-state index contributed by atoms with van der Waals surface area (Å²) in [4.78, 5) is 96.9. The van der Waals surface area contributed by atoms with E-state index in [1.54, 1.807) is 27.7 Å². The van der Waals surface area contributed by atoms with Gasteiger partial charge in [-0.2, -0.15) is 5.48 Å². The first kappa shape index (κ1) is 82.8. The number of amides is 3. The van der Waals surface area contributed by atoms with Gasteiger partial charge in [-0.05, 0) is 81.0 Å². The fourth-order valence-electron chi connectivity index (χ4n) is 11.7. The fourth-order valence-corrected chi connectivity index (χ4v) is 15.5. The van der Waals surface area contributed by atoms with E-state index in [1.165, 1.54) is 46.7 Å². The number of hydroxylamine groups is 1. The molecule has 0 saturated carbocycles. The van der Waals surface area contributed by atoms with Crippen LogP contribution in [0.4, 0.5) is 4.79 Å². The van der Waals surface area contributed by atoms with Crippen molar-refractivity contribution in [2.45, 2.75) is 194 Å². The van der Waals surface area contributed by atoms with Gasteiger partial charge in [0.1, 0.15) is 55.3 Å². The Morgan fingerprint density at radius 3 is 2.23 bits per heavy atom. The summed E-state index contributed by atoms with van der Waals surface area (Å²) in [5.41, 5.74) is 5.86. The highest BCUT2D eigenvalue weighted by molar-refractivity contribution is 14.1. The number of carbonyl (C=O) groups is 7. The zero-order valence-corrected chi connectivity index (χ0v) is 61.4. The monoisotopic (exact) mass is 1590 g/mol. The first-order chi connectivity index (χ1) is 48.0. The number of benzene rings is 1. The molecule has 4 fully saturated rings. The number of aliphatic carboxylic acids is 2. The maximum atomic E-state index is 14.5. The normalized spacial score (nSPS) is 32.3. The van der Waals surface area contributed by atoms with Crippen LogP contribution in [0.2, 0.25) is 0 Å². The van der Waals surface area contributed by atoms with Gasteiger partial charge in [-0.3, -0.25) is 38.9 Å². The molecule has 7 rings (SSSR count). The Labute approximate surface area is 608 Å². The molecule has 0 unspecified atom stereocenters. The van der Waals surface area contributed by atoms with Crippen molar-refractivity contribution in [3.63, 3.8) is 0 Å². The van der Waals surface area contributed by atoms with E-state index in [2.05, 4.69) is 50.4 Å². The van der Waals surface area contributed by atoms with E-state index < -0.39 is 181 Å². The van der Waals surface area contributed by atoms with E-state index >= 15 is 0 Å². The maximum absolute atomic E-state index is 14.5. The van der Waals surface area contributed by atoms with Crippen molar-refractivity contribution in [3.05, 3.63) is 49.8 Å². The molecule has 4 heterocycles. The minimum Gasteiger partial charge on any atom is -0.492 e. The lowest BCUT2D eigenvalue weighted by atomic mass is 9.75. The van der Waals surface area contributed by atoms with Gasteiger partial charge in [0.15, 0.2) is 41.8 Å². The number of alkyl carbamates (subject to hydrolysis) is 1. The Kier molecular flexibility index (Phi) is 31.6. The second-order valence-electron chi connectivity index (χ2n) is 23.8. The maximum Gasteiger partial charge on any atom is 0.411 e. The summed E-state index contributed by atoms with van der Waals surface area (Å²) in [6.45, 7) is 8.27. The van der Waals surface area contributed by atoms with Gasteiger partial charge >= 0.3 is 18.0 Å². The van der Waals surface area contributed by atoms with Gasteiger partial charge in [-0.1, -0.05) is 70.0 Å². The highest BCUT2D eigenvalue weighted by atomic mass is 127. The molecule has 6 aliphatic rings. The first-order valence-electron chi connectivity index (χ1n) is 31.9. The van der Waals surface area contributed by atoms with Gasteiger partial charge in [0.2, 0.25) is 29.0 Å². The summed E-state index contributed by atoms with van der Waals surface area (Å²) in [6.07, 6.45) is -16.7. The number of rotatable bonds is 31. The number of hydrogen-bond acceptors (Lipinski definition) is 31. The van der Waals surface area contributed by atoms with Crippen LogP contribution < -0.4 is 46.7 Å². The molecule has 2 aliphatic carbocycles. The van der Waals surface area contributed by atoms with Crippen LogP contribution in [-0.2, 0) is 71.4 Å². The van der Waals surface area contributed by atoms with Crippen molar-refractivity contribution in [3.8, 4) is 40.9 Å². The van der Waals surface area contributed by atoms with Gasteiger partial charge in [0.05, 0.1) is 97.0 Å². The molecule has 37 heteroatoms. The predicted octanol–water partition coefficient (Wildman–Crippen LogP) is -0.203. The summed E-state index contributed by atoms with van der Waals surface area (Å²) in [7, 11) is 8.67. The number of aliphatic hydroxyl groups excluding tert-OH is 4. The number of ether oxygens (including phenoxy) is 12. The fraction of sp³-hybridized carbons (Fsp3) is 0.641. The van der Waals surface area contributed by atoms with Crippen molar-refractivity contribution in [1.29, 1.82) is 0 Å². The third-order valence-electron chi connectivity index (χ3n) is 17.0. The molecule has 0 aromatic heterocycles. The molecule has 0 spiro atoms. The zero-order valence-electron chi connectivity index (χ0n) is 56.8. The summed E-state index contributed by atoms with van der Waals surface area (Å²) in [5, 5.41) is 86.2. The van der Waals surface area contributed by atoms with Crippen molar-refractivity contribution in [2.24, 2.45) is 5.73 Å². The van der Waals surface area contributed by atoms with E-state index in [-0.39, 0.29) is 83.8 Å². The van der Waals surface area contributed by atoms with Crippen LogP contribution in [0.5, 0.6) is 17.2 Å². The summed E-state index contributed by atoms with van der Waals surface area (Å²) >= 11 is 2.76. The number of ketones is 1. The number of allylic oxidation sites excluding steroid dienone is 3. The van der Waals surface area contributed by atoms with Crippen molar-refractivity contribution in [2.75, 3.05) is 66.8 Å². The number of halogens is 1. The number of nitrogens with one attached hydrogen (secondary N) is 5. The number of carboxylic acid groups (broad SMARTS) is 2. The molecule has 33 nitrogen and oxygen atoms in total. The van der Waals surface area contributed by atoms with E-state index in [0.29, 0.717) is 15.7 Å². The molecule has 21 atom stereocenters. The molecule has 560 valence electrons. The summed E-state index contributed by atoms with van der Waals surface area (Å²) in [5.74, 6) is 5.85. The lowest BCUT2D eigenvalue weighted by Gasteiger charge is -2.46. The largest absolute Gasteiger partial charge is 0.492 e. The number of aliphatic hydroxyl groups is 5. The van der Waals surface area contributed by atoms with Gasteiger partial charge < -0.3 is 114 Å². The van der Waals surface area contributed by atoms with Crippen LogP contribution in [0.1, 0.15) is 75.7 Å². The number of hydrogen-bond donors (Lipinski definition) is 13. The number of carbonyl (C=O) groups excluding carboxylic acids is 5. The standard InChI is InChI=1S/C64H87IN6O27S3/c1-11-67-34-26-91-42(23-39(34)86-6)96-55-50(78)47(71-98-43-22-36(72)57(31(5)92-43)101-60(83)44-28(2)46(65)53(56(89-9)52(44)87-7)97-61-51(79)54(88-8)49(77)30(4)94-61)29(3)93-62(55)95-38-16-14-12-13-15-20-64(85)24-37(73)48(70-63(84)90-10)45(38)32(64)19-21-99-100-27-35(58(80)68-25-41(75)76)69-40(74)18-17-33(66)59(81)82/h12-13,19,29-31,33-36,38-39,42-43,47,49-51,54-55,57,61-62,67,71-72,77-79,85H,11,17-18,21-27,66H2,1-10H3,(H,68,80)(H,69,74)(H,70,84)(H,75,76)(H,81,82)/b13-12+,32-19+/t29-,30+,31-,33+,34+,35+,36+,38+,39+,42+,43+,47-,49+,50+,51-,54-,55-,57-,61+,62+,64+/m1/s1. The Balaban J connectivity index is 1.13. The van der Waals surface area contributed by atoms with E-state index in [9.17, 15) is 69.3 Å². The molecule has 1 aromatic rings. The average molecular weight is 1600 g/mol. The molecule has 14 N–H and O–H groups in total. The summed E-state index contributed by atoms with van der Waals surface area (Å²) in [6, 6.07) is -4.16. The third kappa shape index (κ3) is 21.0. The van der Waals surface area contributed by atoms with Gasteiger partial charge in [0.25, 0.3) is 0 Å². The molecule has 1 aromatic carbocycles. The Bertz CT molecular complexity index is 3360. The number of methoxy groups -OCH3 is 5. The van der Waals surface area contributed by atoms with E-state index in [1.807, 2.05) is 29.5 Å². The minimum atomic E-state index is -2.31. The molecule has 4 aliphatic heterocycles. The van der Waals surface area contributed by atoms with Crippen LogP contribution in [-0.4, -0.2) is 271 Å². The van der Waals surface area contributed by atoms with Crippen LogP contribution in [0.3, 0.4) is 0 Å². The first-order valence-corrected chi connectivity index (χ1v) is 36.4. The molecular weight excluding hydrogens is 1510 g/mol. The van der Waals surface area contributed by atoms with Gasteiger partial charge in [-0.15, -0.1) is 0 Å². The quantitative estimate of drug-likeness (QED) is 0.0150. The van der Waals surface area contributed by atoms with E-state index in [0.717, 1.165) is 40.5 Å². The Hall–Kier alpha value is -5.45.